The first-order chi connectivity index (χ1) is 8.88. The Morgan fingerprint density at radius 2 is 1.84 bits per heavy atom. The Labute approximate surface area is 108 Å². The zero-order valence-electron chi connectivity index (χ0n) is 10.2. The standard InChI is InChI=1S/C14H12F3NO/c1-14(19,10-5-11(15)8-18-7-10)6-9-2-3-12(16)13(17)4-9/h2-5,7-8,19H,6H2,1H3. The Kier molecular flexibility index (Phi) is 3.57. The Morgan fingerprint density at radius 1 is 1.11 bits per heavy atom. The Morgan fingerprint density at radius 3 is 2.47 bits per heavy atom. The molecule has 1 heterocycles. The van der Waals surface area contributed by atoms with E-state index in [1.807, 2.05) is 0 Å². The van der Waals surface area contributed by atoms with Crippen molar-refractivity contribution in [3.63, 3.8) is 0 Å². The Balaban J connectivity index is 2.27. The van der Waals surface area contributed by atoms with Gasteiger partial charge in [-0.3, -0.25) is 4.98 Å². The molecule has 0 bridgehead atoms. The van der Waals surface area contributed by atoms with Crippen molar-refractivity contribution < 1.29 is 18.3 Å². The predicted octanol–water partition coefficient (Wildman–Crippen LogP) is 2.95. The lowest BCUT2D eigenvalue weighted by atomic mass is 9.90. The van der Waals surface area contributed by atoms with Gasteiger partial charge in [0, 0.05) is 18.2 Å². The van der Waals surface area contributed by atoms with Crippen LogP contribution in [0.15, 0.2) is 36.7 Å². The van der Waals surface area contributed by atoms with Crippen LogP contribution in [0.2, 0.25) is 0 Å². The van der Waals surface area contributed by atoms with Gasteiger partial charge in [0.2, 0.25) is 0 Å². The number of hydrogen-bond donors (Lipinski definition) is 1. The van der Waals surface area contributed by atoms with Crippen molar-refractivity contribution in [1.82, 2.24) is 4.98 Å². The maximum atomic E-state index is 13.1. The minimum Gasteiger partial charge on any atom is -0.385 e. The van der Waals surface area contributed by atoms with Crippen molar-refractivity contribution >= 4 is 0 Å². The molecule has 1 unspecified atom stereocenters. The first-order valence-electron chi connectivity index (χ1n) is 5.66. The van der Waals surface area contributed by atoms with Gasteiger partial charge in [0.25, 0.3) is 0 Å². The van der Waals surface area contributed by atoms with E-state index in [0.717, 1.165) is 24.4 Å². The molecular weight excluding hydrogens is 255 g/mol. The van der Waals surface area contributed by atoms with E-state index in [9.17, 15) is 18.3 Å². The molecule has 0 saturated heterocycles. The third-order valence-corrected chi connectivity index (χ3v) is 2.86. The van der Waals surface area contributed by atoms with Crippen LogP contribution in [0, 0.1) is 17.5 Å². The fourth-order valence-corrected chi connectivity index (χ4v) is 1.86. The molecule has 0 fully saturated rings. The first kappa shape index (κ1) is 13.5. The Bertz CT molecular complexity index is 599. The highest BCUT2D eigenvalue weighted by molar-refractivity contribution is 5.25. The predicted molar refractivity (Wildman–Crippen MR) is 63.8 cm³/mol. The molecule has 2 rings (SSSR count). The second-order valence-electron chi connectivity index (χ2n) is 4.59. The largest absolute Gasteiger partial charge is 0.385 e. The molecule has 0 radical (unpaired) electrons. The van der Waals surface area contributed by atoms with Gasteiger partial charge in [-0.25, -0.2) is 13.2 Å². The summed E-state index contributed by atoms with van der Waals surface area (Å²) in [5, 5.41) is 10.3. The number of halogens is 3. The molecule has 1 aromatic heterocycles. The van der Waals surface area contributed by atoms with Gasteiger partial charge < -0.3 is 5.11 Å². The molecule has 1 aromatic carbocycles. The SMILES string of the molecule is CC(O)(Cc1ccc(F)c(F)c1)c1cncc(F)c1. The van der Waals surface area contributed by atoms with E-state index in [1.54, 1.807) is 0 Å². The lowest BCUT2D eigenvalue weighted by Gasteiger charge is -2.23. The Hall–Kier alpha value is -1.88. The zero-order chi connectivity index (χ0) is 14.0. The molecule has 5 heteroatoms. The van der Waals surface area contributed by atoms with E-state index in [1.165, 1.54) is 19.2 Å². The van der Waals surface area contributed by atoms with Crippen LogP contribution < -0.4 is 0 Å². The second kappa shape index (κ2) is 5.01. The second-order valence-corrected chi connectivity index (χ2v) is 4.59. The van der Waals surface area contributed by atoms with Crippen molar-refractivity contribution in [3.8, 4) is 0 Å². The number of rotatable bonds is 3. The van der Waals surface area contributed by atoms with Crippen LogP contribution in [0.4, 0.5) is 13.2 Å². The summed E-state index contributed by atoms with van der Waals surface area (Å²) in [5.41, 5.74) is -0.732. The molecule has 1 N–H and O–H groups in total. The number of hydrogen-bond acceptors (Lipinski definition) is 2. The summed E-state index contributed by atoms with van der Waals surface area (Å²) >= 11 is 0. The van der Waals surface area contributed by atoms with Crippen molar-refractivity contribution in [2.75, 3.05) is 0 Å². The monoisotopic (exact) mass is 267 g/mol. The number of nitrogens with zero attached hydrogens (tertiary/aromatic N) is 1. The fourth-order valence-electron chi connectivity index (χ4n) is 1.86. The van der Waals surface area contributed by atoms with Gasteiger partial charge in [-0.2, -0.15) is 0 Å². The first-order valence-corrected chi connectivity index (χ1v) is 5.66. The van der Waals surface area contributed by atoms with Crippen LogP contribution in [0.25, 0.3) is 0 Å². The summed E-state index contributed by atoms with van der Waals surface area (Å²) in [4.78, 5) is 3.65. The van der Waals surface area contributed by atoms with E-state index in [-0.39, 0.29) is 12.0 Å². The van der Waals surface area contributed by atoms with Crippen LogP contribution in [-0.4, -0.2) is 10.1 Å². The summed E-state index contributed by atoms with van der Waals surface area (Å²) in [7, 11) is 0. The normalized spacial score (nSPS) is 14.2. The van der Waals surface area contributed by atoms with Crippen molar-refractivity contribution in [1.29, 1.82) is 0 Å². The summed E-state index contributed by atoms with van der Waals surface area (Å²) in [6.45, 7) is 1.46. The zero-order valence-corrected chi connectivity index (χ0v) is 10.2. The smallest absolute Gasteiger partial charge is 0.159 e. The maximum Gasteiger partial charge on any atom is 0.159 e. The molecule has 100 valence electrons. The molecule has 0 aliphatic carbocycles. The van der Waals surface area contributed by atoms with Crippen molar-refractivity contribution in [3.05, 3.63) is 65.2 Å². The average Bonchev–Trinajstić information content (AvgIpc) is 2.33. The summed E-state index contributed by atoms with van der Waals surface area (Å²) in [5.74, 6) is -2.50. The third-order valence-electron chi connectivity index (χ3n) is 2.86. The van der Waals surface area contributed by atoms with Gasteiger partial charge in [0.15, 0.2) is 11.6 Å². The number of aliphatic hydroxyl groups is 1. The van der Waals surface area contributed by atoms with E-state index >= 15 is 0 Å². The van der Waals surface area contributed by atoms with Crippen LogP contribution in [0.5, 0.6) is 0 Å². The van der Waals surface area contributed by atoms with E-state index in [4.69, 9.17) is 0 Å². The minimum absolute atomic E-state index is 0.0231. The van der Waals surface area contributed by atoms with Crippen LogP contribution in [0.1, 0.15) is 18.1 Å². The van der Waals surface area contributed by atoms with E-state index < -0.39 is 23.1 Å². The number of aromatic nitrogens is 1. The highest BCUT2D eigenvalue weighted by Crippen LogP contribution is 2.25. The maximum absolute atomic E-state index is 13.1. The molecule has 2 aromatic rings. The van der Waals surface area contributed by atoms with Gasteiger partial charge in [-0.15, -0.1) is 0 Å². The lowest BCUT2D eigenvalue weighted by Crippen LogP contribution is -2.24. The quantitative estimate of drug-likeness (QED) is 0.927. The molecule has 1 atom stereocenters. The van der Waals surface area contributed by atoms with Gasteiger partial charge >= 0.3 is 0 Å². The fraction of sp³-hybridized carbons (Fsp3) is 0.214. The van der Waals surface area contributed by atoms with E-state index in [2.05, 4.69) is 4.98 Å². The summed E-state index contributed by atoms with van der Waals surface area (Å²) in [6.07, 6.45) is 2.38. The molecule has 0 amide bonds. The topological polar surface area (TPSA) is 33.1 Å². The molecular formula is C14H12F3NO. The van der Waals surface area contributed by atoms with Crippen LogP contribution >= 0.6 is 0 Å². The van der Waals surface area contributed by atoms with Gasteiger partial charge in [-0.05, 0) is 30.7 Å². The lowest BCUT2D eigenvalue weighted by molar-refractivity contribution is 0.0568. The summed E-state index contributed by atoms with van der Waals surface area (Å²) in [6, 6.07) is 4.54. The minimum atomic E-state index is -1.42. The molecule has 0 spiro atoms. The van der Waals surface area contributed by atoms with E-state index in [0.29, 0.717) is 5.56 Å². The van der Waals surface area contributed by atoms with Crippen LogP contribution in [-0.2, 0) is 12.0 Å². The molecule has 0 aliphatic heterocycles. The highest BCUT2D eigenvalue weighted by atomic mass is 19.2. The van der Waals surface area contributed by atoms with Crippen LogP contribution in [0.3, 0.4) is 0 Å². The van der Waals surface area contributed by atoms with Gasteiger partial charge in [-0.1, -0.05) is 6.07 Å². The highest BCUT2D eigenvalue weighted by Gasteiger charge is 2.25. The molecule has 0 saturated carbocycles. The van der Waals surface area contributed by atoms with Gasteiger partial charge in [0.05, 0.1) is 11.8 Å². The average molecular weight is 267 g/mol. The molecule has 0 aliphatic rings. The number of pyridine rings is 1. The van der Waals surface area contributed by atoms with Crippen molar-refractivity contribution in [2.24, 2.45) is 0 Å². The molecule has 19 heavy (non-hydrogen) atoms. The summed E-state index contributed by atoms with van der Waals surface area (Å²) < 4.78 is 39.0. The third kappa shape index (κ3) is 3.12. The van der Waals surface area contributed by atoms with Crippen molar-refractivity contribution in [2.45, 2.75) is 18.9 Å². The number of benzene rings is 1. The van der Waals surface area contributed by atoms with Gasteiger partial charge in [0.1, 0.15) is 5.82 Å². The molecule has 2 nitrogen and oxygen atoms in total.